The summed E-state index contributed by atoms with van der Waals surface area (Å²) in [5.41, 5.74) is 14.2. The molecule has 0 radical (unpaired) electrons. The highest BCUT2D eigenvalue weighted by molar-refractivity contribution is 6.32. The van der Waals surface area contributed by atoms with Gasteiger partial charge in [-0.25, -0.2) is 10.9 Å². The first-order valence-corrected chi connectivity index (χ1v) is 10.7. The summed E-state index contributed by atoms with van der Waals surface area (Å²) in [6.07, 6.45) is -0.565. The van der Waals surface area contributed by atoms with Gasteiger partial charge in [-0.1, -0.05) is 11.6 Å². The molecule has 0 saturated carbocycles. The predicted molar refractivity (Wildman–Crippen MR) is 123 cm³/mol. The Hall–Kier alpha value is -3.52. The zero-order chi connectivity index (χ0) is 24.6. The number of hydrogen-bond acceptors (Lipinski definition) is 10. The number of aromatic hydroxyl groups is 1. The fourth-order valence-corrected chi connectivity index (χ4v) is 4.81. The van der Waals surface area contributed by atoms with Crippen LogP contribution in [0, 0.1) is 17.2 Å². The van der Waals surface area contributed by atoms with Crippen LogP contribution >= 0.6 is 11.6 Å². The molecule has 0 bridgehead atoms. The van der Waals surface area contributed by atoms with E-state index in [4.69, 9.17) is 41.0 Å². The first-order valence-electron chi connectivity index (χ1n) is 10.3. The maximum absolute atomic E-state index is 10.2. The van der Waals surface area contributed by atoms with E-state index in [1.54, 1.807) is 26.4 Å². The minimum absolute atomic E-state index is 0.0109. The zero-order valence-electron chi connectivity index (χ0n) is 19.0. The lowest BCUT2D eigenvalue weighted by molar-refractivity contribution is 0.0340. The Labute approximate surface area is 201 Å². The van der Waals surface area contributed by atoms with E-state index < -0.39 is 12.1 Å². The normalized spacial score (nSPS) is 23.5. The minimum Gasteiger partial charge on any atom is -0.503 e. The van der Waals surface area contributed by atoms with Gasteiger partial charge in [0, 0.05) is 11.8 Å². The SMILES string of the molecule is COc1cc(C2C(C#N)=C(N)OC3NNC(c4cc(OC)c(OC)c(OC)c4)C32)cc(Cl)c1O. The molecule has 0 spiro atoms. The van der Waals surface area contributed by atoms with Crippen molar-refractivity contribution in [3.8, 4) is 34.8 Å². The van der Waals surface area contributed by atoms with Gasteiger partial charge >= 0.3 is 0 Å². The second kappa shape index (κ2) is 9.38. The third-order valence-electron chi connectivity index (χ3n) is 6.13. The maximum atomic E-state index is 10.2. The van der Waals surface area contributed by atoms with E-state index in [0.29, 0.717) is 22.8 Å². The monoisotopic (exact) mass is 488 g/mol. The number of phenolic OH excluding ortho intramolecular Hbond substituents is 1. The maximum Gasteiger partial charge on any atom is 0.203 e. The molecule has 10 nitrogen and oxygen atoms in total. The van der Waals surface area contributed by atoms with Crippen LogP contribution in [0.4, 0.5) is 0 Å². The van der Waals surface area contributed by atoms with Crippen LogP contribution < -0.4 is 35.5 Å². The van der Waals surface area contributed by atoms with Gasteiger partial charge in [-0.3, -0.25) is 0 Å². The predicted octanol–water partition coefficient (Wildman–Crippen LogP) is 2.68. The van der Waals surface area contributed by atoms with E-state index >= 15 is 0 Å². The molecule has 2 aromatic carbocycles. The number of nitriles is 1. The summed E-state index contributed by atoms with van der Waals surface area (Å²) >= 11 is 6.28. The molecule has 34 heavy (non-hydrogen) atoms. The molecule has 4 atom stereocenters. The highest BCUT2D eigenvalue weighted by Gasteiger charge is 2.49. The van der Waals surface area contributed by atoms with Crippen LogP contribution in [0.25, 0.3) is 0 Å². The van der Waals surface area contributed by atoms with Crippen molar-refractivity contribution in [1.29, 1.82) is 5.26 Å². The molecule has 180 valence electrons. The Bertz CT molecular complexity index is 1160. The number of nitrogens with zero attached hydrogens (tertiary/aromatic N) is 1. The van der Waals surface area contributed by atoms with E-state index in [1.807, 2.05) is 12.1 Å². The van der Waals surface area contributed by atoms with Gasteiger partial charge in [0.25, 0.3) is 0 Å². The van der Waals surface area contributed by atoms with E-state index in [0.717, 1.165) is 5.56 Å². The Morgan fingerprint density at radius 3 is 2.15 bits per heavy atom. The Morgan fingerprint density at radius 2 is 1.59 bits per heavy atom. The summed E-state index contributed by atoms with van der Waals surface area (Å²) in [4.78, 5) is 0. The third kappa shape index (κ3) is 3.77. The average Bonchev–Trinajstić information content (AvgIpc) is 3.26. The van der Waals surface area contributed by atoms with Crippen molar-refractivity contribution in [2.45, 2.75) is 18.2 Å². The molecule has 1 fully saturated rings. The number of allylic oxidation sites excluding steroid dienone is 1. The Morgan fingerprint density at radius 1 is 0.971 bits per heavy atom. The molecule has 2 aliphatic heterocycles. The lowest BCUT2D eigenvalue weighted by atomic mass is 9.74. The highest BCUT2D eigenvalue weighted by atomic mass is 35.5. The number of benzene rings is 2. The highest BCUT2D eigenvalue weighted by Crippen LogP contribution is 2.51. The summed E-state index contributed by atoms with van der Waals surface area (Å²) in [5, 5.41) is 20.3. The van der Waals surface area contributed by atoms with Crippen LogP contribution in [-0.4, -0.2) is 39.8 Å². The van der Waals surface area contributed by atoms with Crippen molar-refractivity contribution in [2.24, 2.45) is 11.7 Å². The Kier molecular flexibility index (Phi) is 6.52. The molecule has 11 heteroatoms. The molecule has 1 saturated heterocycles. The molecule has 0 aromatic heterocycles. The molecule has 0 amide bonds. The number of hydrazine groups is 1. The first kappa shape index (κ1) is 23.6. The molecule has 2 aliphatic rings. The smallest absolute Gasteiger partial charge is 0.203 e. The van der Waals surface area contributed by atoms with Crippen LogP contribution in [0.15, 0.2) is 35.7 Å². The number of phenols is 1. The second-order valence-electron chi connectivity index (χ2n) is 7.76. The number of nitrogens with two attached hydrogens (primary N) is 1. The minimum atomic E-state index is -0.565. The summed E-state index contributed by atoms with van der Waals surface area (Å²) in [6, 6.07) is 8.72. The molecule has 2 heterocycles. The van der Waals surface area contributed by atoms with Crippen molar-refractivity contribution in [2.75, 3.05) is 28.4 Å². The molecular formula is C23H25ClN4O6. The number of hydrogen-bond donors (Lipinski definition) is 4. The third-order valence-corrected chi connectivity index (χ3v) is 6.42. The second-order valence-corrected chi connectivity index (χ2v) is 8.17. The largest absolute Gasteiger partial charge is 0.503 e. The number of ether oxygens (including phenoxy) is 5. The number of nitrogens with one attached hydrogen (secondary N) is 2. The van der Waals surface area contributed by atoms with Gasteiger partial charge in [0.2, 0.25) is 11.6 Å². The Balaban J connectivity index is 1.88. The summed E-state index contributed by atoms with van der Waals surface area (Å²) in [5.74, 6) is 0.555. The molecular weight excluding hydrogens is 464 g/mol. The number of halogens is 1. The molecule has 4 unspecified atom stereocenters. The van der Waals surface area contributed by atoms with E-state index in [-0.39, 0.29) is 39.9 Å². The lowest BCUT2D eigenvalue weighted by Crippen LogP contribution is -2.41. The molecule has 4 rings (SSSR count). The fourth-order valence-electron chi connectivity index (χ4n) is 4.59. The van der Waals surface area contributed by atoms with Crippen molar-refractivity contribution in [3.63, 3.8) is 0 Å². The van der Waals surface area contributed by atoms with Crippen LogP contribution in [0.3, 0.4) is 0 Å². The summed E-state index contributed by atoms with van der Waals surface area (Å²) in [7, 11) is 6.04. The van der Waals surface area contributed by atoms with Gasteiger partial charge in [0.1, 0.15) is 6.07 Å². The molecule has 2 aromatic rings. The molecule has 5 N–H and O–H groups in total. The van der Waals surface area contributed by atoms with Gasteiger partial charge in [-0.05, 0) is 35.4 Å². The molecule has 0 aliphatic carbocycles. The van der Waals surface area contributed by atoms with Crippen molar-refractivity contribution in [3.05, 3.63) is 51.9 Å². The van der Waals surface area contributed by atoms with Crippen LogP contribution in [-0.2, 0) is 4.74 Å². The number of fused-ring (bicyclic) bond motifs is 1. The van der Waals surface area contributed by atoms with Crippen molar-refractivity contribution in [1.82, 2.24) is 10.9 Å². The summed E-state index contributed by atoms with van der Waals surface area (Å²) in [6.45, 7) is 0. The summed E-state index contributed by atoms with van der Waals surface area (Å²) < 4.78 is 27.6. The van der Waals surface area contributed by atoms with E-state index in [2.05, 4.69) is 16.9 Å². The van der Waals surface area contributed by atoms with E-state index in [9.17, 15) is 10.4 Å². The van der Waals surface area contributed by atoms with Crippen LogP contribution in [0.1, 0.15) is 23.1 Å². The van der Waals surface area contributed by atoms with Crippen LogP contribution in [0.5, 0.6) is 28.7 Å². The van der Waals surface area contributed by atoms with Gasteiger partial charge in [-0.15, -0.1) is 0 Å². The number of methoxy groups -OCH3 is 4. The van der Waals surface area contributed by atoms with Gasteiger partial charge in [-0.2, -0.15) is 5.26 Å². The zero-order valence-corrected chi connectivity index (χ0v) is 19.8. The number of rotatable bonds is 6. The first-order chi connectivity index (χ1) is 16.4. The standard InChI is InChI=1S/C23H25ClN4O6/c1-30-14-6-10(5-13(24)20(14)29)17-12(9-25)22(26)34-23-18(17)19(27-28-23)11-7-15(31-2)21(33-4)16(8-11)32-3/h5-8,17-19,23,27-29H,26H2,1-4H3. The van der Waals surface area contributed by atoms with Gasteiger partial charge in [0.15, 0.2) is 29.2 Å². The van der Waals surface area contributed by atoms with Crippen LogP contribution in [0.2, 0.25) is 5.02 Å². The van der Waals surface area contributed by atoms with E-state index in [1.165, 1.54) is 14.2 Å². The quantitative estimate of drug-likeness (QED) is 0.479. The average molecular weight is 489 g/mol. The van der Waals surface area contributed by atoms with Crippen molar-refractivity contribution < 1.29 is 28.8 Å². The fraction of sp³-hybridized carbons (Fsp3) is 0.348. The topological polar surface area (TPSA) is 140 Å². The lowest BCUT2D eigenvalue weighted by Gasteiger charge is -2.36. The van der Waals surface area contributed by atoms with Gasteiger partial charge in [0.05, 0.1) is 45.1 Å². The van der Waals surface area contributed by atoms with Crippen molar-refractivity contribution >= 4 is 11.6 Å². The van der Waals surface area contributed by atoms with Gasteiger partial charge < -0.3 is 34.5 Å².